The number of aromatic nitrogens is 4. The number of rotatable bonds is 1. The molecule has 0 saturated carbocycles. The Hall–Kier alpha value is -1.98. The number of tetrazole rings is 1. The lowest BCUT2D eigenvalue weighted by molar-refractivity contribution is 0.0510. The van der Waals surface area contributed by atoms with E-state index in [0.29, 0.717) is 23.3 Å². The normalized spacial score (nSPS) is 23.8. The predicted molar refractivity (Wildman–Crippen MR) is 69.7 cm³/mol. The zero-order valence-corrected chi connectivity index (χ0v) is 11.2. The summed E-state index contributed by atoms with van der Waals surface area (Å²) in [6.07, 6.45) is 5.04. The van der Waals surface area contributed by atoms with Crippen LogP contribution in [-0.4, -0.2) is 42.9 Å². The highest BCUT2D eigenvalue weighted by Gasteiger charge is 2.29. The summed E-state index contributed by atoms with van der Waals surface area (Å²) in [4.78, 5) is 14.6. The van der Waals surface area contributed by atoms with Crippen molar-refractivity contribution in [2.75, 3.05) is 0 Å². The maximum absolute atomic E-state index is 12.6. The number of hydrogen-bond donors (Lipinski definition) is 0. The van der Waals surface area contributed by atoms with Gasteiger partial charge in [0, 0.05) is 18.3 Å². The van der Waals surface area contributed by atoms with Gasteiger partial charge in [0.2, 0.25) is 0 Å². The van der Waals surface area contributed by atoms with E-state index in [1.165, 1.54) is 10.9 Å². The summed E-state index contributed by atoms with van der Waals surface area (Å²) in [5.74, 6) is 0.0668. The van der Waals surface area contributed by atoms with Gasteiger partial charge >= 0.3 is 0 Å². The summed E-state index contributed by atoms with van der Waals surface area (Å²) >= 11 is 0. The van der Waals surface area contributed by atoms with Crippen molar-refractivity contribution in [3.05, 3.63) is 23.9 Å². The number of likely N-dealkylation sites (tertiary alicyclic amines) is 1. The summed E-state index contributed by atoms with van der Waals surface area (Å²) in [5, 5.41) is 11.3. The van der Waals surface area contributed by atoms with Crippen LogP contribution in [0.25, 0.3) is 5.65 Å². The molecule has 1 saturated heterocycles. The zero-order chi connectivity index (χ0) is 13.4. The van der Waals surface area contributed by atoms with E-state index in [2.05, 4.69) is 29.4 Å². The van der Waals surface area contributed by atoms with Crippen molar-refractivity contribution in [1.29, 1.82) is 0 Å². The van der Waals surface area contributed by atoms with Crippen LogP contribution < -0.4 is 0 Å². The molecule has 1 fully saturated rings. The van der Waals surface area contributed by atoms with Crippen LogP contribution in [0.3, 0.4) is 0 Å². The van der Waals surface area contributed by atoms with Crippen LogP contribution >= 0.6 is 0 Å². The van der Waals surface area contributed by atoms with Gasteiger partial charge in [-0.1, -0.05) is 0 Å². The minimum absolute atomic E-state index is 0.0668. The standard InChI is InChI=1S/C13H17N5O/c1-9-4-3-5-10(2)18(9)13(19)11-6-7-12-14-15-16-17(12)8-11/h6-10H,3-5H2,1-2H3/t9-,10+. The lowest BCUT2D eigenvalue weighted by Crippen LogP contribution is -2.47. The molecule has 0 radical (unpaired) electrons. The fourth-order valence-corrected chi connectivity index (χ4v) is 2.84. The molecule has 19 heavy (non-hydrogen) atoms. The Morgan fingerprint density at radius 1 is 1.26 bits per heavy atom. The Labute approximate surface area is 111 Å². The highest BCUT2D eigenvalue weighted by Crippen LogP contribution is 2.24. The maximum Gasteiger partial charge on any atom is 0.255 e. The number of carbonyl (C=O) groups is 1. The monoisotopic (exact) mass is 259 g/mol. The van der Waals surface area contributed by atoms with Crippen molar-refractivity contribution < 1.29 is 4.79 Å². The smallest absolute Gasteiger partial charge is 0.255 e. The second-order valence-corrected chi connectivity index (χ2v) is 5.24. The number of fused-ring (bicyclic) bond motifs is 1. The van der Waals surface area contributed by atoms with Gasteiger partial charge in [-0.2, -0.15) is 4.52 Å². The average molecular weight is 259 g/mol. The van der Waals surface area contributed by atoms with E-state index in [1.807, 2.05) is 4.90 Å². The Bertz CT molecular complexity index is 598. The van der Waals surface area contributed by atoms with Gasteiger partial charge in [0.05, 0.1) is 5.56 Å². The summed E-state index contributed by atoms with van der Waals surface area (Å²) in [7, 11) is 0. The molecule has 0 aliphatic carbocycles. The van der Waals surface area contributed by atoms with E-state index in [0.717, 1.165) is 12.8 Å². The lowest BCUT2D eigenvalue weighted by Gasteiger charge is -2.39. The van der Waals surface area contributed by atoms with Gasteiger partial charge in [-0.25, -0.2) is 0 Å². The van der Waals surface area contributed by atoms with Crippen molar-refractivity contribution in [2.45, 2.75) is 45.2 Å². The molecule has 100 valence electrons. The van der Waals surface area contributed by atoms with Crippen LogP contribution in [-0.2, 0) is 0 Å². The second-order valence-electron chi connectivity index (χ2n) is 5.24. The third kappa shape index (κ3) is 2.07. The lowest BCUT2D eigenvalue weighted by atomic mass is 9.96. The molecule has 0 aromatic carbocycles. The van der Waals surface area contributed by atoms with Gasteiger partial charge in [-0.15, -0.1) is 5.10 Å². The Kier molecular flexibility index (Phi) is 2.93. The van der Waals surface area contributed by atoms with Crippen LogP contribution in [0.4, 0.5) is 0 Å². The Morgan fingerprint density at radius 2 is 2.00 bits per heavy atom. The summed E-state index contributed by atoms with van der Waals surface area (Å²) in [6.45, 7) is 4.23. The molecule has 6 nitrogen and oxygen atoms in total. The van der Waals surface area contributed by atoms with Gasteiger partial charge in [0.1, 0.15) is 0 Å². The van der Waals surface area contributed by atoms with Crippen molar-refractivity contribution in [1.82, 2.24) is 24.9 Å². The molecule has 1 aliphatic rings. The topological polar surface area (TPSA) is 63.4 Å². The largest absolute Gasteiger partial charge is 0.333 e. The minimum atomic E-state index is 0.0668. The highest BCUT2D eigenvalue weighted by atomic mass is 16.2. The van der Waals surface area contributed by atoms with Gasteiger partial charge in [0.25, 0.3) is 5.91 Å². The molecule has 6 heteroatoms. The number of nitrogens with zero attached hydrogens (tertiary/aromatic N) is 5. The number of piperidine rings is 1. The number of pyridine rings is 1. The molecule has 2 aromatic heterocycles. The third-order valence-corrected chi connectivity index (χ3v) is 3.87. The molecule has 0 unspecified atom stereocenters. The van der Waals surface area contributed by atoms with Gasteiger partial charge in [-0.05, 0) is 55.7 Å². The van der Waals surface area contributed by atoms with Crippen molar-refractivity contribution >= 4 is 11.6 Å². The Balaban J connectivity index is 1.93. The third-order valence-electron chi connectivity index (χ3n) is 3.87. The van der Waals surface area contributed by atoms with E-state index < -0.39 is 0 Å². The molecule has 0 spiro atoms. The van der Waals surface area contributed by atoms with Crippen molar-refractivity contribution in [2.24, 2.45) is 0 Å². The second kappa shape index (κ2) is 4.60. The van der Waals surface area contributed by atoms with E-state index in [9.17, 15) is 4.79 Å². The van der Waals surface area contributed by atoms with Gasteiger partial charge in [0.15, 0.2) is 5.65 Å². The molecule has 0 bridgehead atoms. The summed E-state index contributed by atoms with van der Waals surface area (Å²) < 4.78 is 1.53. The molecule has 1 amide bonds. The number of amides is 1. The van der Waals surface area contributed by atoms with E-state index >= 15 is 0 Å². The van der Waals surface area contributed by atoms with Crippen molar-refractivity contribution in [3.63, 3.8) is 0 Å². The molecule has 3 rings (SSSR count). The molecule has 2 atom stereocenters. The van der Waals surface area contributed by atoms with Gasteiger partial charge in [-0.3, -0.25) is 4.79 Å². The molecule has 1 aliphatic heterocycles. The van der Waals surface area contributed by atoms with Crippen molar-refractivity contribution in [3.8, 4) is 0 Å². The number of hydrogen-bond acceptors (Lipinski definition) is 4. The first-order valence-corrected chi connectivity index (χ1v) is 6.67. The van der Waals surface area contributed by atoms with Crippen LogP contribution in [0.1, 0.15) is 43.5 Å². The average Bonchev–Trinajstić information content (AvgIpc) is 2.85. The zero-order valence-electron chi connectivity index (χ0n) is 11.2. The fourth-order valence-electron chi connectivity index (χ4n) is 2.84. The Morgan fingerprint density at radius 3 is 2.74 bits per heavy atom. The van der Waals surface area contributed by atoms with Gasteiger partial charge < -0.3 is 4.90 Å². The van der Waals surface area contributed by atoms with E-state index in [-0.39, 0.29) is 5.91 Å². The SMILES string of the molecule is C[C@@H]1CCC[C@H](C)N1C(=O)c1ccc2nnnn2c1. The van der Waals surface area contributed by atoms with E-state index in [4.69, 9.17) is 0 Å². The molecular weight excluding hydrogens is 242 g/mol. The summed E-state index contributed by atoms with van der Waals surface area (Å²) in [5.41, 5.74) is 1.29. The quantitative estimate of drug-likeness (QED) is 0.779. The number of carbonyl (C=O) groups excluding carboxylic acids is 1. The highest BCUT2D eigenvalue weighted by molar-refractivity contribution is 5.94. The maximum atomic E-state index is 12.6. The van der Waals surface area contributed by atoms with Crippen LogP contribution in [0.15, 0.2) is 18.3 Å². The van der Waals surface area contributed by atoms with E-state index in [1.54, 1.807) is 18.3 Å². The molecule has 3 heterocycles. The van der Waals surface area contributed by atoms with Crippen LogP contribution in [0, 0.1) is 0 Å². The molecule has 2 aromatic rings. The first-order valence-electron chi connectivity index (χ1n) is 6.67. The minimum Gasteiger partial charge on any atom is -0.333 e. The predicted octanol–water partition coefficient (Wildman–Crippen LogP) is 1.53. The molecule has 0 N–H and O–H groups in total. The molecular formula is C13H17N5O. The first-order chi connectivity index (χ1) is 9.16. The van der Waals surface area contributed by atoms with Crippen LogP contribution in [0.2, 0.25) is 0 Å². The van der Waals surface area contributed by atoms with Crippen LogP contribution in [0.5, 0.6) is 0 Å². The first kappa shape index (κ1) is 12.1. The fraction of sp³-hybridized carbons (Fsp3) is 0.538. The summed E-state index contributed by atoms with van der Waals surface area (Å²) in [6, 6.07) is 4.15.